The Morgan fingerprint density at radius 2 is 1.34 bits per heavy atom. The maximum atomic E-state index is 13.2. The molecule has 0 aliphatic heterocycles. The Labute approximate surface area is 201 Å². The summed E-state index contributed by atoms with van der Waals surface area (Å²) in [4.78, 5) is 24.0. The maximum Gasteiger partial charge on any atom is 0.355 e. The molecule has 11 heteroatoms. The van der Waals surface area contributed by atoms with Crippen LogP contribution in [0.15, 0.2) is 78.1 Å². The monoisotopic (exact) mass is 682 g/mol. The lowest BCUT2D eigenvalue weighted by molar-refractivity contribution is 0.532. The predicted octanol–water partition coefficient (Wildman–Crippen LogP) is 6.25. The molecule has 0 unspecified atom stereocenters. The van der Waals surface area contributed by atoms with Crippen molar-refractivity contribution in [1.82, 2.24) is 0 Å². The molecule has 0 saturated heterocycles. The standard InChI is InChI=1S/C18H6Br4O5S2/c19-7-1-11(21)9-5-15(17(23)27-13(9)3-7)29(25,26)16-6-10-12(22)2-8(20)4-14(10)28-18(16)24/h1-6H. The lowest BCUT2D eigenvalue weighted by Gasteiger charge is -2.07. The topological polar surface area (TPSA) is 81.4 Å². The van der Waals surface area contributed by atoms with Gasteiger partial charge in [-0.3, -0.25) is 4.79 Å². The number of fused-ring (bicyclic) bond motifs is 2. The Morgan fingerprint density at radius 1 is 0.759 bits per heavy atom. The molecule has 0 radical (unpaired) electrons. The van der Waals surface area contributed by atoms with E-state index >= 15 is 0 Å². The van der Waals surface area contributed by atoms with E-state index in [1.807, 2.05) is 0 Å². The molecule has 29 heavy (non-hydrogen) atoms. The van der Waals surface area contributed by atoms with Crippen LogP contribution in [-0.4, -0.2) is 8.42 Å². The summed E-state index contributed by atoms with van der Waals surface area (Å²) in [5.74, 6) is 0. The van der Waals surface area contributed by atoms with E-state index in [0.717, 1.165) is 15.8 Å². The molecule has 2 aromatic carbocycles. The fourth-order valence-corrected chi connectivity index (χ4v) is 8.21. The van der Waals surface area contributed by atoms with Gasteiger partial charge in [0, 0.05) is 33.4 Å². The summed E-state index contributed by atoms with van der Waals surface area (Å²) in [5, 5.41) is 0.945. The van der Waals surface area contributed by atoms with E-state index in [2.05, 4.69) is 63.7 Å². The van der Waals surface area contributed by atoms with Gasteiger partial charge >= 0.3 is 5.63 Å². The van der Waals surface area contributed by atoms with Crippen LogP contribution >= 0.6 is 75.1 Å². The molecule has 0 aliphatic rings. The second kappa shape index (κ2) is 7.69. The van der Waals surface area contributed by atoms with E-state index in [9.17, 15) is 18.0 Å². The van der Waals surface area contributed by atoms with Crippen molar-refractivity contribution in [2.45, 2.75) is 9.79 Å². The number of hydrogen-bond acceptors (Lipinski definition) is 6. The molecule has 0 bridgehead atoms. The quantitative estimate of drug-likeness (QED) is 0.233. The smallest absolute Gasteiger partial charge is 0.355 e. The summed E-state index contributed by atoms with van der Waals surface area (Å²) in [6.45, 7) is 0. The third-order valence-electron chi connectivity index (χ3n) is 4.05. The van der Waals surface area contributed by atoms with Crippen LogP contribution in [0.5, 0.6) is 0 Å². The molecule has 0 aliphatic carbocycles. The van der Waals surface area contributed by atoms with Crippen molar-refractivity contribution in [1.29, 1.82) is 0 Å². The summed E-state index contributed by atoms with van der Waals surface area (Å²) in [7, 11) is -4.41. The molecule has 0 fully saturated rings. The highest BCUT2D eigenvalue weighted by Crippen LogP contribution is 2.33. The van der Waals surface area contributed by atoms with Crippen molar-refractivity contribution in [3.8, 4) is 0 Å². The first-order valence-corrected chi connectivity index (χ1v) is 13.2. The number of halogens is 4. The summed E-state index contributed by atoms with van der Waals surface area (Å²) in [6, 6.07) is 9.23. The van der Waals surface area contributed by atoms with Gasteiger partial charge in [-0.1, -0.05) is 59.1 Å². The van der Waals surface area contributed by atoms with Gasteiger partial charge < -0.3 is 4.42 Å². The van der Waals surface area contributed by atoms with Crippen molar-refractivity contribution < 1.29 is 12.8 Å². The predicted molar refractivity (Wildman–Crippen MR) is 127 cm³/mol. The summed E-state index contributed by atoms with van der Waals surface area (Å²) in [6.07, 6.45) is 0. The van der Waals surface area contributed by atoms with Gasteiger partial charge in [-0.15, -0.1) is 0 Å². The van der Waals surface area contributed by atoms with Crippen molar-refractivity contribution in [2.75, 3.05) is 0 Å². The average molecular weight is 686 g/mol. The maximum absolute atomic E-state index is 13.2. The highest BCUT2D eigenvalue weighted by molar-refractivity contribution is 9.11. The zero-order valence-electron chi connectivity index (χ0n) is 13.8. The minimum atomic E-state index is -4.41. The fourth-order valence-electron chi connectivity index (χ4n) is 2.74. The van der Waals surface area contributed by atoms with Gasteiger partial charge in [0.05, 0.1) is 0 Å². The van der Waals surface area contributed by atoms with E-state index < -0.39 is 30.0 Å². The number of benzene rings is 2. The molecule has 0 saturated carbocycles. The zero-order valence-corrected chi connectivity index (χ0v) is 21.8. The van der Waals surface area contributed by atoms with Crippen LogP contribution in [0.2, 0.25) is 0 Å². The SMILES string of the molecule is O=c1oc2cc(Br)cc(Br)c2cc1S(=O)(=O)c1cc2c(Br)cc(Br)cc2sc1=O. The lowest BCUT2D eigenvalue weighted by atomic mass is 10.2. The van der Waals surface area contributed by atoms with Gasteiger partial charge in [0.15, 0.2) is 4.90 Å². The van der Waals surface area contributed by atoms with Gasteiger partial charge in [0.1, 0.15) is 10.5 Å². The number of sulfone groups is 1. The van der Waals surface area contributed by atoms with Crippen molar-refractivity contribution >= 4 is 106 Å². The minimum Gasteiger partial charge on any atom is -0.422 e. The van der Waals surface area contributed by atoms with Crippen LogP contribution in [0.25, 0.3) is 21.1 Å². The third kappa shape index (κ3) is 3.81. The van der Waals surface area contributed by atoms with Crippen LogP contribution < -0.4 is 10.4 Å². The van der Waals surface area contributed by atoms with Crippen LogP contribution in [0.4, 0.5) is 0 Å². The molecule has 2 heterocycles. The highest BCUT2D eigenvalue weighted by atomic mass is 79.9. The van der Waals surface area contributed by atoms with Crippen molar-refractivity contribution in [2.24, 2.45) is 0 Å². The fraction of sp³-hybridized carbons (Fsp3) is 0. The van der Waals surface area contributed by atoms with Gasteiger partial charge in [0.2, 0.25) is 9.84 Å². The first-order valence-electron chi connectivity index (χ1n) is 7.69. The van der Waals surface area contributed by atoms with E-state index in [1.165, 1.54) is 12.1 Å². The van der Waals surface area contributed by atoms with Crippen molar-refractivity contribution in [3.05, 3.63) is 74.2 Å². The number of rotatable bonds is 2. The van der Waals surface area contributed by atoms with Crippen LogP contribution in [0.3, 0.4) is 0 Å². The second-order valence-corrected chi connectivity index (χ2v) is 12.3. The summed E-state index contributed by atoms with van der Waals surface area (Å²) < 4.78 is 34.1. The Bertz CT molecular complexity index is 1440. The van der Waals surface area contributed by atoms with Gasteiger partial charge in [-0.25, -0.2) is 13.2 Å². The molecule has 4 rings (SSSR count). The molecule has 0 amide bonds. The molecule has 2 aromatic heterocycles. The highest BCUT2D eigenvalue weighted by Gasteiger charge is 2.27. The Morgan fingerprint density at radius 3 is 2.03 bits per heavy atom. The minimum absolute atomic E-state index is 0.214. The Kier molecular flexibility index (Phi) is 5.67. The molecule has 5 nitrogen and oxygen atoms in total. The van der Waals surface area contributed by atoms with Gasteiger partial charge in [-0.2, -0.15) is 0 Å². The first kappa shape index (κ1) is 21.4. The normalized spacial score (nSPS) is 12.0. The molecule has 4 aromatic rings. The molecule has 0 spiro atoms. The average Bonchev–Trinajstić information content (AvgIpc) is 2.59. The second-order valence-electron chi connectivity index (χ2n) is 5.90. The van der Waals surface area contributed by atoms with Crippen LogP contribution in [-0.2, 0) is 9.84 Å². The van der Waals surface area contributed by atoms with Crippen molar-refractivity contribution in [3.63, 3.8) is 0 Å². The molecule has 0 atom stereocenters. The first-order chi connectivity index (χ1) is 13.6. The molecule has 148 valence electrons. The summed E-state index contributed by atoms with van der Waals surface area (Å²) >= 11 is 14.1. The van der Waals surface area contributed by atoms with Gasteiger partial charge in [-0.05, 0) is 52.3 Å². The molecular weight excluding hydrogens is 680 g/mol. The van der Waals surface area contributed by atoms with Crippen LogP contribution in [0.1, 0.15) is 0 Å². The Balaban J connectivity index is 2.03. The van der Waals surface area contributed by atoms with Crippen LogP contribution in [0, 0.1) is 0 Å². The lowest BCUT2D eigenvalue weighted by Crippen LogP contribution is -2.19. The Hall–Kier alpha value is -0.850. The summed E-state index contributed by atoms with van der Waals surface area (Å²) in [5.41, 5.74) is -0.826. The van der Waals surface area contributed by atoms with E-state index in [0.29, 0.717) is 28.9 Å². The third-order valence-corrected chi connectivity index (χ3v) is 9.12. The van der Waals surface area contributed by atoms with E-state index in [-0.39, 0.29) is 5.58 Å². The largest absolute Gasteiger partial charge is 0.422 e. The zero-order chi connectivity index (χ0) is 21.1. The van der Waals surface area contributed by atoms with E-state index in [1.54, 1.807) is 24.3 Å². The number of hydrogen-bond donors (Lipinski definition) is 0. The van der Waals surface area contributed by atoms with Gasteiger partial charge in [0.25, 0.3) is 4.74 Å². The molecular formula is C18H6Br4O5S2. The van der Waals surface area contributed by atoms with E-state index in [4.69, 9.17) is 4.42 Å². The molecule has 0 N–H and O–H groups in total.